The van der Waals surface area contributed by atoms with Crippen molar-refractivity contribution in [1.29, 1.82) is 0 Å². The standard InChI is InChI=1S/C15H32N2/c1-13(2)16-11-8-10-15(4)17-12-7-5-6-9-14(17)3/h13-16H,5-12H2,1-4H3. The maximum Gasteiger partial charge on any atom is 0.00702 e. The first-order chi connectivity index (χ1) is 8.11. The van der Waals surface area contributed by atoms with Gasteiger partial charge in [0.1, 0.15) is 0 Å². The lowest BCUT2D eigenvalue weighted by Gasteiger charge is -2.33. The second kappa shape index (κ2) is 8.10. The van der Waals surface area contributed by atoms with Gasteiger partial charge in [0.05, 0.1) is 0 Å². The van der Waals surface area contributed by atoms with Crippen molar-refractivity contribution in [3.63, 3.8) is 0 Å². The van der Waals surface area contributed by atoms with Crippen LogP contribution in [0.25, 0.3) is 0 Å². The zero-order valence-corrected chi connectivity index (χ0v) is 12.3. The van der Waals surface area contributed by atoms with Crippen LogP contribution in [0.15, 0.2) is 0 Å². The summed E-state index contributed by atoms with van der Waals surface area (Å²) in [6.45, 7) is 11.8. The molecule has 2 unspecified atom stereocenters. The van der Waals surface area contributed by atoms with Gasteiger partial charge in [-0.1, -0.05) is 26.7 Å². The van der Waals surface area contributed by atoms with Crippen molar-refractivity contribution in [2.24, 2.45) is 0 Å². The quantitative estimate of drug-likeness (QED) is 0.716. The number of hydrogen-bond donors (Lipinski definition) is 1. The molecule has 1 fully saturated rings. The molecule has 2 atom stereocenters. The Balaban J connectivity index is 2.22. The van der Waals surface area contributed by atoms with Gasteiger partial charge < -0.3 is 5.32 Å². The molecule has 0 saturated carbocycles. The molecule has 17 heavy (non-hydrogen) atoms. The minimum atomic E-state index is 0.627. The molecule has 1 heterocycles. The molecule has 0 aromatic rings. The van der Waals surface area contributed by atoms with E-state index in [0.717, 1.165) is 12.1 Å². The molecule has 102 valence electrons. The topological polar surface area (TPSA) is 15.3 Å². The van der Waals surface area contributed by atoms with E-state index >= 15 is 0 Å². The third kappa shape index (κ3) is 5.87. The first-order valence-electron chi connectivity index (χ1n) is 7.60. The van der Waals surface area contributed by atoms with Gasteiger partial charge in [-0.3, -0.25) is 4.90 Å². The van der Waals surface area contributed by atoms with Crippen LogP contribution >= 0.6 is 0 Å². The summed E-state index contributed by atoms with van der Waals surface area (Å²) >= 11 is 0. The van der Waals surface area contributed by atoms with Crippen molar-refractivity contribution in [2.75, 3.05) is 13.1 Å². The van der Waals surface area contributed by atoms with E-state index < -0.39 is 0 Å². The highest BCUT2D eigenvalue weighted by molar-refractivity contribution is 4.76. The van der Waals surface area contributed by atoms with E-state index in [1.165, 1.54) is 51.6 Å². The summed E-state index contributed by atoms with van der Waals surface area (Å²) in [4.78, 5) is 2.74. The molecule has 0 spiro atoms. The average molecular weight is 240 g/mol. The van der Waals surface area contributed by atoms with Crippen molar-refractivity contribution >= 4 is 0 Å². The van der Waals surface area contributed by atoms with Gasteiger partial charge in [-0.05, 0) is 52.6 Å². The van der Waals surface area contributed by atoms with Gasteiger partial charge in [-0.2, -0.15) is 0 Å². The highest BCUT2D eigenvalue weighted by Gasteiger charge is 2.21. The van der Waals surface area contributed by atoms with Gasteiger partial charge in [0.2, 0.25) is 0 Å². The van der Waals surface area contributed by atoms with Crippen LogP contribution in [0.2, 0.25) is 0 Å². The Kier molecular flexibility index (Phi) is 7.14. The fourth-order valence-electron chi connectivity index (χ4n) is 2.91. The van der Waals surface area contributed by atoms with Crippen LogP contribution in [0.1, 0.15) is 66.2 Å². The molecule has 0 amide bonds. The van der Waals surface area contributed by atoms with Gasteiger partial charge in [0.15, 0.2) is 0 Å². The molecule has 1 aliphatic rings. The fourth-order valence-corrected chi connectivity index (χ4v) is 2.91. The second-order valence-electron chi connectivity index (χ2n) is 6.04. The predicted molar refractivity (Wildman–Crippen MR) is 76.5 cm³/mol. The Labute approximate surface area is 108 Å². The fraction of sp³-hybridized carbons (Fsp3) is 1.00. The zero-order valence-electron chi connectivity index (χ0n) is 12.3. The van der Waals surface area contributed by atoms with E-state index in [2.05, 4.69) is 37.9 Å². The summed E-state index contributed by atoms with van der Waals surface area (Å²) in [5, 5.41) is 3.51. The van der Waals surface area contributed by atoms with Crippen LogP contribution < -0.4 is 5.32 Å². The maximum atomic E-state index is 3.51. The second-order valence-corrected chi connectivity index (χ2v) is 6.04. The molecule has 0 aromatic carbocycles. The largest absolute Gasteiger partial charge is 0.315 e. The lowest BCUT2D eigenvalue weighted by Crippen LogP contribution is -2.40. The number of hydrogen-bond acceptors (Lipinski definition) is 2. The van der Waals surface area contributed by atoms with Crippen molar-refractivity contribution < 1.29 is 0 Å². The lowest BCUT2D eigenvalue weighted by molar-refractivity contribution is 0.148. The van der Waals surface area contributed by atoms with E-state index in [1.807, 2.05) is 0 Å². The average Bonchev–Trinajstić information content (AvgIpc) is 2.48. The van der Waals surface area contributed by atoms with Crippen LogP contribution in [0.5, 0.6) is 0 Å². The summed E-state index contributed by atoms with van der Waals surface area (Å²) in [5.41, 5.74) is 0. The molecule has 0 aromatic heterocycles. The third-order valence-electron chi connectivity index (χ3n) is 4.02. The lowest BCUT2D eigenvalue weighted by atomic mass is 10.1. The SMILES string of the molecule is CC(C)NCCCC(C)N1CCCCCC1C. The van der Waals surface area contributed by atoms with Crippen molar-refractivity contribution in [3.05, 3.63) is 0 Å². The molecule has 1 rings (SSSR count). The molecule has 2 heteroatoms. The summed E-state index contributed by atoms with van der Waals surface area (Å²) in [6.07, 6.45) is 8.31. The number of likely N-dealkylation sites (tertiary alicyclic amines) is 1. The minimum Gasteiger partial charge on any atom is -0.315 e. The van der Waals surface area contributed by atoms with Gasteiger partial charge in [0, 0.05) is 18.1 Å². The van der Waals surface area contributed by atoms with Crippen LogP contribution in [-0.2, 0) is 0 Å². The smallest absolute Gasteiger partial charge is 0.00702 e. The monoisotopic (exact) mass is 240 g/mol. The Hall–Kier alpha value is -0.0800. The van der Waals surface area contributed by atoms with E-state index in [9.17, 15) is 0 Å². The minimum absolute atomic E-state index is 0.627. The Morgan fingerprint density at radius 3 is 2.65 bits per heavy atom. The molecule has 0 radical (unpaired) electrons. The first-order valence-corrected chi connectivity index (χ1v) is 7.60. The first kappa shape index (κ1) is 15.0. The van der Waals surface area contributed by atoms with E-state index in [4.69, 9.17) is 0 Å². The molecule has 1 saturated heterocycles. The van der Waals surface area contributed by atoms with Crippen LogP contribution in [-0.4, -0.2) is 36.1 Å². The van der Waals surface area contributed by atoms with E-state index in [-0.39, 0.29) is 0 Å². The van der Waals surface area contributed by atoms with Crippen LogP contribution in [0.3, 0.4) is 0 Å². The van der Waals surface area contributed by atoms with E-state index in [1.54, 1.807) is 0 Å². The van der Waals surface area contributed by atoms with E-state index in [0.29, 0.717) is 6.04 Å². The van der Waals surface area contributed by atoms with Crippen molar-refractivity contribution in [1.82, 2.24) is 10.2 Å². The molecule has 1 aliphatic heterocycles. The third-order valence-corrected chi connectivity index (χ3v) is 4.02. The molecule has 1 N–H and O–H groups in total. The summed E-state index contributed by atoms with van der Waals surface area (Å²) in [5.74, 6) is 0. The zero-order chi connectivity index (χ0) is 12.7. The molecular formula is C15H32N2. The van der Waals surface area contributed by atoms with Gasteiger partial charge in [-0.15, -0.1) is 0 Å². The molecule has 2 nitrogen and oxygen atoms in total. The molecular weight excluding hydrogens is 208 g/mol. The van der Waals surface area contributed by atoms with Crippen molar-refractivity contribution in [3.8, 4) is 0 Å². The molecule has 0 aliphatic carbocycles. The maximum absolute atomic E-state index is 3.51. The van der Waals surface area contributed by atoms with Crippen LogP contribution in [0.4, 0.5) is 0 Å². The predicted octanol–water partition coefficient (Wildman–Crippen LogP) is 3.42. The highest BCUT2D eigenvalue weighted by Crippen LogP contribution is 2.20. The Morgan fingerprint density at radius 2 is 1.94 bits per heavy atom. The van der Waals surface area contributed by atoms with Crippen molar-refractivity contribution in [2.45, 2.75) is 84.3 Å². The summed E-state index contributed by atoms with van der Waals surface area (Å²) < 4.78 is 0. The highest BCUT2D eigenvalue weighted by atomic mass is 15.2. The Bertz CT molecular complexity index is 191. The normalized spacial score (nSPS) is 24.9. The number of nitrogens with zero attached hydrogens (tertiary/aromatic N) is 1. The van der Waals surface area contributed by atoms with Gasteiger partial charge >= 0.3 is 0 Å². The number of nitrogens with one attached hydrogen (secondary N) is 1. The molecule has 0 bridgehead atoms. The number of rotatable bonds is 6. The van der Waals surface area contributed by atoms with Gasteiger partial charge in [0.25, 0.3) is 0 Å². The van der Waals surface area contributed by atoms with Gasteiger partial charge in [-0.25, -0.2) is 0 Å². The Morgan fingerprint density at radius 1 is 1.18 bits per heavy atom. The summed E-state index contributed by atoms with van der Waals surface area (Å²) in [6, 6.07) is 2.19. The van der Waals surface area contributed by atoms with Crippen LogP contribution in [0, 0.1) is 0 Å². The summed E-state index contributed by atoms with van der Waals surface area (Å²) in [7, 11) is 0.